The molecule has 4 rings (SSSR count). The Bertz CT molecular complexity index is 986. The molecule has 1 aromatic rings. The van der Waals surface area contributed by atoms with Gasteiger partial charge in [-0.3, -0.25) is 14.6 Å². The third kappa shape index (κ3) is 5.79. The lowest BCUT2D eigenvalue weighted by molar-refractivity contribution is -0.161. The van der Waals surface area contributed by atoms with Gasteiger partial charge in [0.1, 0.15) is 18.0 Å². The maximum Gasteiger partial charge on any atom is 0.309 e. The monoisotopic (exact) mass is 541 g/mol. The molecule has 8 nitrogen and oxygen atoms in total. The smallest absolute Gasteiger partial charge is 0.309 e. The molecule has 0 radical (unpaired) electrons. The fraction of sp³-hybridized carbons (Fsp3) is 0.654. The van der Waals surface area contributed by atoms with E-state index in [-0.39, 0.29) is 42.8 Å². The molecule has 7 atom stereocenters. The van der Waals surface area contributed by atoms with E-state index in [1.807, 2.05) is 6.07 Å². The van der Waals surface area contributed by atoms with Gasteiger partial charge in [-0.25, -0.2) is 0 Å². The lowest BCUT2D eigenvalue weighted by atomic mass is 9.59. The number of halogens is 2. The van der Waals surface area contributed by atoms with Crippen molar-refractivity contribution in [1.29, 1.82) is 0 Å². The lowest BCUT2D eigenvalue weighted by Crippen LogP contribution is -2.53. The first-order valence-corrected chi connectivity index (χ1v) is 13.1. The van der Waals surface area contributed by atoms with Gasteiger partial charge >= 0.3 is 5.97 Å². The van der Waals surface area contributed by atoms with Crippen molar-refractivity contribution in [3.05, 3.63) is 35.1 Å². The number of carbonyl (C=O) groups excluding carboxylic acids is 2. The molecule has 3 heterocycles. The Morgan fingerprint density at radius 2 is 1.97 bits per heavy atom. The predicted octanol–water partition coefficient (Wildman–Crippen LogP) is 3.45. The normalized spacial score (nSPS) is 38.1. The molecule has 0 amide bonds. The topological polar surface area (TPSA) is 118 Å². The Labute approximate surface area is 220 Å². The minimum Gasteiger partial charge on any atom is -0.456 e. The number of esters is 1. The molecule has 2 N–H and O–H groups in total. The van der Waals surface area contributed by atoms with E-state index in [0.717, 1.165) is 6.42 Å². The summed E-state index contributed by atoms with van der Waals surface area (Å²) < 4.78 is 17.1. The van der Waals surface area contributed by atoms with Crippen molar-refractivity contribution in [2.75, 3.05) is 13.2 Å². The predicted molar refractivity (Wildman–Crippen MR) is 133 cm³/mol. The molecule has 2 aliphatic heterocycles. The number of carbonyl (C=O) groups is 2. The van der Waals surface area contributed by atoms with Crippen LogP contribution in [0.2, 0.25) is 0 Å². The summed E-state index contributed by atoms with van der Waals surface area (Å²) in [4.78, 5) is 30.6. The van der Waals surface area contributed by atoms with E-state index in [9.17, 15) is 19.8 Å². The Kier molecular flexibility index (Phi) is 8.44. The fourth-order valence-electron chi connectivity index (χ4n) is 5.11. The van der Waals surface area contributed by atoms with E-state index in [1.54, 1.807) is 38.3 Å². The molecule has 3 aliphatic rings. The molecular formula is C26H33Cl2NO7. The molecule has 198 valence electrons. The van der Waals surface area contributed by atoms with Gasteiger partial charge in [0, 0.05) is 24.5 Å². The van der Waals surface area contributed by atoms with Crippen molar-refractivity contribution in [1.82, 2.24) is 4.98 Å². The fourth-order valence-corrected chi connectivity index (χ4v) is 5.63. The van der Waals surface area contributed by atoms with Crippen molar-refractivity contribution in [2.45, 2.75) is 75.4 Å². The molecule has 0 aromatic carbocycles. The zero-order chi connectivity index (χ0) is 26.1. The largest absolute Gasteiger partial charge is 0.456 e. The summed E-state index contributed by atoms with van der Waals surface area (Å²) >= 11 is 13.1. The van der Waals surface area contributed by atoms with Crippen LogP contribution in [0.1, 0.15) is 51.6 Å². The molecule has 2 unspecified atom stereocenters. The number of aliphatic hydroxyl groups is 2. The van der Waals surface area contributed by atoms with Crippen molar-refractivity contribution in [3.63, 3.8) is 0 Å². The maximum atomic E-state index is 13.4. The van der Waals surface area contributed by atoms with Crippen LogP contribution in [0.5, 0.6) is 0 Å². The van der Waals surface area contributed by atoms with Crippen molar-refractivity contribution in [3.8, 4) is 0 Å². The van der Waals surface area contributed by atoms with Crippen molar-refractivity contribution >= 4 is 41.0 Å². The molecule has 1 spiro atoms. The molecule has 36 heavy (non-hydrogen) atoms. The molecule has 1 aromatic heterocycles. The summed E-state index contributed by atoms with van der Waals surface area (Å²) in [5, 5.41) is 21.0. The van der Waals surface area contributed by atoms with Gasteiger partial charge in [0.25, 0.3) is 0 Å². The number of ether oxygens (including phenoxy) is 3. The van der Waals surface area contributed by atoms with Crippen LogP contribution in [-0.4, -0.2) is 69.6 Å². The molecule has 1 aliphatic carbocycles. The molecule has 0 bridgehead atoms. The van der Waals surface area contributed by atoms with Crippen LogP contribution in [-0.2, 0) is 23.8 Å². The summed E-state index contributed by atoms with van der Waals surface area (Å²) in [6, 6.07) is 5.35. The Balaban J connectivity index is 1.58. The number of ketones is 1. The van der Waals surface area contributed by atoms with E-state index in [0.29, 0.717) is 18.5 Å². The van der Waals surface area contributed by atoms with E-state index in [4.69, 9.17) is 37.4 Å². The zero-order valence-corrected chi connectivity index (χ0v) is 22.0. The summed E-state index contributed by atoms with van der Waals surface area (Å²) in [6.07, 6.45) is 1.13. The second kappa shape index (κ2) is 11.1. The molecule has 10 heteroatoms. The van der Waals surface area contributed by atoms with E-state index in [2.05, 4.69) is 4.98 Å². The highest BCUT2D eigenvalue weighted by Gasteiger charge is 2.57. The van der Waals surface area contributed by atoms with Gasteiger partial charge in [0.15, 0.2) is 5.06 Å². The number of epoxide rings is 1. The number of pyridine rings is 1. The second-order valence-corrected chi connectivity index (χ2v) is 11.3. The number of aromatic nitrogens is 1. The van der Waals surface area contributed by atoms with Gasteiger partial charge in [0.2, 0.25) is 0 Å². The van der Waals surface area contributed by atoms with Crippen LogP contribution in [0.4, 0.5) is 0 Å². The number of fused-ring (bicyclic) bond motifs is 1. The standard InChI is InChI=1S/C26H33Cl2NO7/c1-15-13-34-14-26(28)21(36-26)11-19(18(27)10-17-6-3-4-9-29-17)35-22(31)12-20(30)25(7-5-8-25)24(33)16(2)23(15)32/h3-4,6,9-10,15-16,19-21,23,30,32H,5,7-8,11-14H2,1-2H3/b18-10-/t15-,16+,19-,20-,21?,23-,26?/m0/s1. The molecule has 1 saturated carbocycles. The number of hydrogen-bond donors (Lipinski definition) is 2. The number of alkyl halides is 1. The molecular weight excluding hydrogens is 509 g/mol. The molecule has 2 saturated heterocycles. The average molecular weight is 542 g/mol. The van der Waals surface area contributed by atoms with E-state index in [1.165, 1.54) is 0 Å². The van der Waals surface area contributed by atoms with Gasteiger partial charge in [-0.05, 0) is 31.1 Å². The first kappa shape index (κ1) is 27.5. The number of cyclic esters (lactones) is 1. The number of rotatable bonds is 2. The Morgan fingerprint density at radius 1 is 1.22 bits per heavy atom. The van der Waals surface area contributed by atoms with Gasteiger partial charge in [-0.2, -0.15) is 0 Å². The highest BCUT2D eigenvalue weighted by molar-refractivity contribution is 6.32. The number of hydrogen-bond acceptors (Lipinski definition) is 8. The summed E-state index contributed by atoms with van der Waals surface area (Å²) in [6.45, 7) is 3.68. The van der Waals surface area contributed by atoms with Gasteiger partial charge in [0.05, 0.1) is 48.0 Å². The SMILES string of the molecule is C[C@H]1COCC2(Cl)OC2C[C@@H](/C(Cl)=C/c2ccccn2)OC(=O)C[C@H](O)C2(CCC2)C(=O)[C@H](C)[C@H]1O. The quantitative estimate of drug-likeness (QED) is 0.332. The van der Waals surface area contributed by atoms with Crippen LogP contribution in [0.3, 0.4) is 0 Å². The van der Waals surface area contributed by atoms with Crippen LogP contribution in [0.15, 0.2) is 29.4 Å². The van der Waals surface area contributed by atoms with E-state index < -0.39 is 46.8 Å². The lowest BCUT2D eigenvalue weighted by Gasteiger charge is -2.46. The second-order valence-electron chi connectivity index (χ2n) is 10.3. The minimum absolute atomic E-state index is 0.0590. The van der Waals surface area contributed by atoms with Crippen LogP contribution in [0.25, 0.3) is 6.08 Å². The minimum atomic E-state index is -1.23. The highest BCUT2D eigenvalue weighted by atomic mass is 35.5. The van der Waals surface area contributed by atoms with Crippen molar-refractivity contribution in [2.24, 2.45) is 17.3 Å². The summed E-state index contributed by atoms with van der Waals surface area (Å²) in [5.74, 6) is -2.02. The highest BCUT2D eigenvalue weighted by Crippen LogP contribution is 2.49. The Hall–Kier alpha value is -1.55. The van der Waals surface area contributed by atoms with Crippen LogP contribution in [0, 0.1) is 17.3 Å². The number of aliphatic hydroxyl groups excluding tert-OH is 2. The summed E-state index contributed by atoms with van der Waals surface area (Å²) in [7, 11) is 0. The van der Waals surface area contributed by atoms with Crippen LogP contribution < -0.4 is 0 Å². The van der Waals surface area contributed by atoms with Crippen LogP contribution >= 0.6 is 23.2 Å². The van der Waals surface area contributed by atoms with Gasteiger partial charge in [-0.1, -0.05) is 49.5 Å². The average Bonchev–Trinajstić information content (AvgIpc) is 3.45. The zero-order valence-electron chi connectivity index (χ0n) is 20.4. The van der Waals surface area contributed by atoms with E-state index >= 15 is 0 Å². The van der Waals surface area contributed by atoms with Gasteiger partial charge < -0.3 is 24.4 Å². The Morgan fingerprint density at radius 3 is 2.61 bits per heavy atom. The first-order valence-electron chi connectivity index (χ1n) is 12.4. The van der Waals surface area contributed by atoms with Crippen molar-refractivity contribution < 1.29 is 34.0 Å². The third-order valence-corrected chi connectivity index (χ3v) is 8.46. The van der Waals surface area contributed by atoms with Gasteiger partial charge in [-0.15, -0.1) is 0 Å². The summed E-state index contributed by atoms with van der Waals surface area (Å²) in [5.41, 5.74) is -0.492. The number of nitrogens with zero attached hydrogens (tertiary/aromatic N) is 1. The number of Topliss-reactive ketones (excluding diaryl/α,β-unsaturated/α-hetero) is 1. The first-order chi connectivity index (χ1) is 17.1. The molecule has 3 fully saturated rings. The maximum absolute atomic E-state index is 13.4. The third-order valence-electron chi connectivity index (χ3n) is 7.67.